The molecule has 0 aliphatic carbocycles. The van der Waals surface area contributed by atoms with Gasteiger partial charge >= 0.3 is 0 Å². The van der Waals surface area contributed by atoms with Gasteiger partial charge in [0.05, 0.1) is 6.07 Å². The molecule has 0 aromatic carbocycles. The molecule has 0 radical (unpaired) electrons. The minimum atomic E-state index is -0.0981. The predicted molar refractivity (Wildman–Crippen MR) is 65.6 cm³/mol. The zero-order chi connectivity index (χ0) is 11.9. The van der Waals surface area contributed by atoms with Gasteiger partial charge in [-0.2, -0.15) is 5.26 Å². The molecule has 0 aromatic heterocycles. The van der Waals surface area contributed by atoms with Gasteiger partial charge in [0.15, 0.2) is 0 Å². The van der Waals surface area contributed by atoms with Gasteiger partial charge in [0.1, 0.15) is 0 Å². The lowest BCUT2D eigenvalue weighted by Gasteiger charge is -2.31. The summed E-state index contributed by atoms with van der Waals surface area (Å²) in [5.41, 5.74) is 0.582. The third kappa shape index (κ3) is 4.99. The van der Waals surface area contributed by atoms with Crippen molar-refractivity contribution in [3.8, 4) is 6.07 Å². The van der Waals surface area contributed by atoms with Crippen molar-refractivity contribution in [1.29, 1.82) is 5.26 Å². The Labute approximate surface area is 94.6 Å². The van der Waals surface area contributed by atoms with Gasteiger partial charge in [0.2, 0.25) is 0 Å². The number of hydrogen-bond acceptors (Lipinski definition) is 2. The first-order chi connectivity index (χ1) is 6.97. The second-order valence-corrected chi connectivity index (χ2v) is 4.75. The fourth-order valence-corrected chi connectivity index (χ4v) is 1.71. The van der Waals surface area contributed by atoms with Crippen LogP contribution in [-0.2, 0) is 0 Å². The topological polar surface area (TPSA) is 27.0 Å². The summed E-state index contributed by atoms with van der Waals surface area (Å²) in [4.78, 5) is 2.42. The van der Waals surface area contributed by atoms with Gasteiger partial charge in [0, 0.05) is 17.5 Å². The molecular weight excluding hydrogens is 184 g/mol. The summed E-state index contributed by atoms with van der Waals surface area (Å²) >= 11 is 0. The number of nitriles is 1. The molecule has 2 nitrogen and oxygen atoms in total. The maximum atomic E-state index is 8.88. The van der Waals surface area contributed by atoms with Gasteiger partial charge in [-0.1, -0.05) is 34.3 Å². The van der Waals surface area contributed by atoms with Gasteiger partial charge in [-0.15, -0.1) is 0 Å². The highest BCUT2D eigenvalue weighted by Crippen LogP contribution is 2.25. The third-order valence-corrected chi connectivity index (χ3v) is 2.65. The summed E-state index contributed by atoms with van der Waals surface area (Å²) in [5.74, 6) is 0. The van der Waals surface area contributed by atoms with Crippen LogP contribution in [0.3, 0.4) is 0 Å². The van der Waals surface area contributed by atoms with E-state index in [2.05, 4.69) is 45.2 Å². The fraction of sp³-hybridized carbons (Fsp3) is 0.769. The van der Waals surface area contributed by atoms with E-state index < -0.39 is 0 Å². The van der Waals surface area contributed by atoms with Crippen molar-refractivity contribution < 1.29 is 0 Å². The molecule has 0 amide bonds. The number of nitrogens with zero attached hydrogens (tertiary/aromatic N) is 2. The normalized spacial score (nSPS) is 11.5. The third-order valence-electron chi connectivity index (χ3n) is 2.65. The van der Waals surface area contributed by atoms with E-state index in [-0.39, 0.29) is 5.41 Å². The molecule has 0 N–H and O–H groups in total. The molecule has 0 rings (SSSR count). The Bertz CT molecular complexity index is 229. The predicted octanol–water partition coefficient (Wildman–Crippen LogP) is 3.21. The van der Waals surface area contributed by atoms with E-state index in [0.29, 0.717) is 5.57 Å². The minimum absolute atomic E-state index is 0.0981. The average molecular weight is 208 g/mol. The molecule has 0 spiro atoms. The number of rotatable bonds is 7. The Morgan fingerprint density at radius 1 is 1.27 bits per heavy atom. The lowest BCUT2D eigenvalue weighted by molar-refractivity contribution is 0.205. The van der Waals surface area contributed by atoms with E-state index in [4.69, 9.17) is 5.26 Å². The Morgan fingerprint density at radius 3 is 2.07 bits per heavy atom. The van der Waals surface area contributed by atoms with Crippen molar-refractivity contribution in [1.82, 2.24) is 4.90 Å². The van der Waals surface area contributed by atoms with E-state index in [1.54, 1.807) is 0 Å². The van der Waals surface area contributed by atoms with Crippen LogP contribution in [0.1, 0.15) is 40.5 Å². The zero-order valence-corrected chi connectivity index (χ0v) is 10.6. The molecule has 0 heterocycles. The smallest absolute Gasteiger partial charge is 0.0947 e. The maximum absolute atomic E-state index is 8.88. The van der Waals surface area contributed by atoms with Crippen molar-refractivity contribution in [2.75, 3.05) is 19.6 Å². The van der Waals surface area contributed by atoms with Crippen LogP contribution in [0.2, 0.25) is 0 Å². The van der Waals surface area contributed by atoms with Crippen molar-refractivity contribution in [2.45, 2.75) is 40.5 Å². The van der Waals surface area contributed by atoms with Crippen LogP contribution < -0.4 is 0 Å². The molecule has 0 atom stereocenters. The average Bonchev–Trinajstić information content (AvgIpc) is 2.16. The van der Waals surface area contributed by atoms with Crippen molar-refractivity contribution in [3.63, 3.8) is 0 Å². The summed E-state index contributed by atoms with van der Waals surface area (Å²) in [6, 6.07) is 2.17. The van der Waals surface area contributed by atoms with E-state index in [1.165, 1.54) is 0 Å². The van der Waals surface area contributed by atoms with Gasteiger partial charge in [-0.05, 0) is 25.9 Å². The maximum Gasteiger partial charge on any atom is 0.0947 e. The van der Waals surface area contributed by atoms with Gasteiger partial charge in [0.25, 0.3) is 0 Å². The summed E-state index contributed by atoms with van der Waals surface area (Å²) in [6.45, 7) is 15.5. The summed E-state index contributed by atoms with van der Waals surface area (Å²) in [7, 11) is 0. The van der Waals surface area contributed by atoms with Crippen LogP contribution in [0.25, 0.3) is 0 Å². The van der Waals surface area contributed by atoms with Crippen LogP contribution in [0.4, 0.5) is 0 Å². The first kappa shape index (κ1) is 14.2. The van der Waals surface area contributed by atoms with Gasteiger partial charge < -0.3 is 4.90 Å². The molecule has 0 saturated carbocycles. The van der Waals surface area contributed by atoms with Crippen LogP contribution in [0.5, 0.6) is 0 Å². The summed E-state index contributed by atoms with van der Waals surface area (Å²) in [6.07, 6.45) is 2.32. The number of hydrogen-bond donors (Lipinski definition) is 0. The van der Waals surface area contributed by atoms with E-state index in [0.717, 1.165) is 32.5 Å². The summed E-state index contributed by atoms with van der Waals surface area (Å²) < 4.78 is 0. The highest BCUT2D eigenvalue weighted by atomic mass is 15.1. The monoisotopic (exact) mass is 208 g/mol. The Kier molecular flexibility index (Phi) is 6.27. The van der Waals surface area contributed by atoms with Crippen molar-refractivity contribution in [2.24, 2.45) is 5.41 Å². The quantitative estimate of drug-likeness (QED) is 0.601. The molecule has 2 heteroatoms. The standard InChI is InChI=1S/C13H24N2/c1-6-8-15(9-7-2)11-13(4,5)12(3)10-14/h3,6-9,11H2,1-2,4-5H3. The molecule has 86 valence electrons. The first-order valence-electron chi connectivity index (χ1n) is 5.79. The lowest BCUT2D eigenvalue weighted by Crippen LogP contribution is -2.36. The second kappa shape index (κ2) is 6.63. The molecule has 0 saturated heterocycles. The van der Waals surface area contributed by atoms with Crippen LogP contribution in [-0.4, -0.2) is 24.5 Å². The molecule has 0 aromatic rings. The molecular formula is C13H24N2. The molecule has 0 bridgehead atoms. The molecule has 0 fully saturated rings. The Morgan fingerprint density at radius 2 is 1.73 bits per heavy atom. The fourth-order valence-electron chi connectivity index (χ4n) is 1.71. The summed E-state index contributed by atoms with van der Waals surface area (Å²) in [5, 5.41) is 8.88. The van der Waals surface area contributed by atoms with Crippen LogP contribution in [0.15, 0.2) is 12.2 Å². The molecule has 0 aliphatic rings. The lowest BCUT2D eigenvalue weighted by atomic mass is 9.85. The Hall–Kier alpha value is -0.810. The van der Waals surface area contributed by atoms with E-state index in [1.807, 2.05) is 0 Å². The van der Waals surface area contributed by atoms with Crippen molar-refractivity contribution in [3.05, 3.63) is 12.2 Å². The largest absolute Gasteiger partial charge is 0.302 e. The second-order valence-electron chi connectivity index (χ2n) is 4.75. The van der Waals surface area contributed by atoms with E-state index >= 15 is 0 Å². The van der Waals surface area contributed by atoms with Crippen molar-refractivity contribution >= 4 is 0 Å². The molecule has 0 unspecified atom stereocenters. The Balaban J connectivity index is 4.38. The van der Waals surface area contributed by atoms with E-state index in [9.17, 15) is 0 Å². The van der Waals surface area contributed by atoms with Crippen LogP contribution in [0, 0.1) is 16.7 Å². The molecule has 0 aliphatic heterocycles. The van der Waals surface area contributed by atoms with Gasteiger partial charge in [-0.25, -0.2) is 0 Å². The van der Waals surface area contributed by atoms with Gasteiger partial charge in [-0.3, -0.25) is 0 Å². The first-order valence-corrected chi connectivity index (χ1v) is 5.79. The highest BCUT2D eigenvalue weighted by Gasteiger charge is 2.24. The minimum Gasteiger partial charge on any atom is -0.302 e. The zero-order valence-electron chi connectivity index (χ0n) is 10.6. The molecule has 15 heavy (non-hydrogen) atoms. The SMILES string of the molecule is C=C(C#N)C(C)(C)CN(CCC)CCC. The van der Waals surface area contributed by atoms with Crippen LogP contribution >= 0.6 is 0 Å². The highest BCUT2D eigenvalue weighted by molar-refractivity contribution is 5.24.